The van der Waals surface area contributed by atoms with E-state index in [1.54, 1.807) is 24.3 Å². The Kier molecular flexibility index (Phi) is 7.46. The summed E-state index contributed by atoms with van der Waals surface area (Å²) in [7, 11) is 0. The summed E-state index contributed by atoms with van der Waals surface area (Å²) >= 11 is 0. The summed E-state index contributed by atoms with van der Waals surface area (Å²) in [5.74, 6) is -0.302. The second kappa shape index (κ2) is 9.13. The number of rotatable bonds is 8. The van der Waals surface area contributed by atoms with E-state index in [9.17, 15) is 9.59 Å². The number of nitrogens with one attached hydrogen (secondary N) is 2. The molecule has 0 aliphatic heterocycles. The van der Waals surface area contributed by atoms with Crippen molar-refractivity contribution in [3.63, 3.8) is 0 Å². The van der Waals surface area contributed by atoms with Crippen LogP contribution >= 0.6 is 0 Å². The molecule has 2 amide bonds. The second-order valence-corrected chi connectivity index (χ2v) is 5.04. The van der Waals surface area contributed by atoms with Crippen molar-refractivity contribution in [1.82, 2.24) is 5.32 Å². The van der Waals surface area contributed by atoms with Crippen LogP contribution in [0.25, 0.3) is 0 Å². The minimum atomic E-state index is -0.508. The number of amides is 2. The lowest BCUT2D eigenvalue weighted by Gasteiger charge is -2.10. The molecular formula is C16H25N3O2. The molecule has 0 spiro atoms. The molecule has 1 aromatic rings. The molecule has 0 fully saturated rings. The van der Waals surface area contributed by atoms with Crippen LogP contribution in [0.1, 0.15) is 49.9 Å². The Morgan fingerprint density at radius 2 is 1.81 bits per heavy atom. The molecule has 1 rings (SSSR count). The third-order valence-electron chi connectivity index (χ3n) is 3.26. The molecule has 5 nitrogen and oxygen atoms in total. The van der Waals surface area contributed by atoms with Crippen LogP contribution in [0.15, 0.2) is 24.3 Å². The smallest absolute Gasteiger partial charge is 0.251 e. The van der Waals surface area contributed by atoms with Crippen molar-refractivity contribution in [2.24, 2.45) is 5.73 Å². The average Bonchev–Trinajstić information content (AvgIpc) is 2.51. The largest absolute Gasteiger partial charge is 0.352 e. The first-order valence-corrected chi connectivity index (χ1v) is 7.53. The zero-order chi connectivity index (χ0) is 15.7. The maximum atomic E-state index is 11.9. The average molecular weight is 291 g/mol. The van der Waals surface area contributed by atoms with E-state index in [1.807, 2.05) is 6.92 Å². The summed E-state index contributed by atoms with van der Waals surface area (Å²) in [6.07, 6.45) is 3.82. The van der Waals surface area contributed by atoms with E-state index in [2.05, 4.69) is 17.6 Å². The van der Waals surface area contributed by atoms with Crippen LogP contribution in [-0.2, 0) is 4.79 Å². The van der Waals surface area contributed by atoms with Gasteiger partial charge in [0.05, 0.1) is 6.04 Å². The van der Waals surface area contributed by atoms with Crippen LogP contribution < -0.4 is 16.4 Å². The molecule has 0 aromatic heterocycles. The molecule has 0 saturated carbocycles. The highest BCUT2D eigenvalue weighted by Gasteiger charge is 2.11. The van der Waals surface area contributed by atoms with Gasteiger partial charge in [0.1, 0.15) is 0 Å². The number of unbranched alkanes of at least 4 members (excludes halogenated alkanes) is 2. The standard InChI is InChI=1S/C16H25N3O2/c1-3-5-6-11-18-15(20)12-7-9-13(10-8-12)19-16(21)14(17)4-2/h7-10,14H,3-6,11,17H2,1-2H3,(H,18,20)(H,19,21). The van der Waals surface area contributed by atoms with Crippen molar-refractivity contribution in [2.45, 2.75) is 45.6 Å². The summed E-state index contributed by atoms with van der Waals surface area (Å²) in [4.78, 5) is 23.5. The van der Waals surface area contributed by atoms with E-state index in [1.165, 1.54) is 0 Å². The second-order valence-electron chi connectivity index (χ2n) is 5.04. The van der Waals surface area contributed by atoms with Gasteiger partial charge in [0.2, 0.25) is 5.91 Å². The van der Waals surface area contributed by atoms with Crippen LogP contribution in [0.3, 0.4) is 0 Å². The van der Waals surface area contributed by atoms with Gasteiger partial charge in [-0.2, -0.15) is 0 Å². The number of anilines is 1. The van der Waals surface area contributed by atoms with Crippen molar-refractivity contribution in [3.05, 3.63) is 29.8 Å². The Balaban J connectivity index is 2.49. The van der Waals surface area contributed by atoms with Crippen LogP contribution in [0.5, 0.6) is 0 Å². The van der Waals surface area contributed by atoms with Gasteiger partial charge in [-0.25, -0.2) is 0 Å². The van der Waals surface area contributed by atoms with E-state index >= 15 is 0 Å². The lowest BCUT2D eigenvalue weighted by atomic mass is 10.1. The fourth-order valence-electron chi connectivity index (χ4n) is 1.80. The molecule has 0 aliphatic carbocycles. The van der Waals surface area contributed by atoms with Gasteiger partial charge in [0.25, 0.3) is 5.91 Å². The van der Waals surface area contributed by atoms with E-state index in [4.69, 9.17) is 5.73 Å². The van der Waals surface area contributed by atoms with Gasteiger partial charge in [-0.1, -0.05) is 26.7 Å². The summed E-state index contributed by atoms with van der Waals surface area (Å²) in [5, 5.41) is 5.60. The maximum Gasteiger partial charge on any atom is 0.251 e. The Morgan fingerprint density at radius 3 is 2.38 bits per heavy atom. The molecule has 0 bridgehead atoms. The number of carbonyl (C=O) groups excluding carboxylic acids is 2. The Morgan fingerprint density at radius 1 is 1.14 bits per heavy atom. The van der Waals surface area contributed by atoms with Crippen LogP contribution in [0.4, 0.5) is 5.69 Å². The van der Waals surface area contributed by atoms with Gasteiger partial charge < -0.3 is 16.4 Å². The van der Waals surface area contributed by atoms with Gasteiger partial charge in [-0.3, -0.25) is 9.59 Å². The first kappa shape index (κ1) is 17.2. The van der Waals surface area contributed by atoms with Gasteiger partial charge >= 0.3 is 0 Å². The molecule has 0 heterocycles. The minimum absolute atomic E-state index is 0.0887. The van der Waals surface area contributed by atoms with E-state index in [0.717, 1.165) is 19.3 Å². The predicted molar refractivity (Wildman–Crippen MR) is 85.2 cm³/mol. The quantitative estimate of drug-likeness (QED) is 0.642. The fourth-order valence-corrected chi connectivity index (χ4v) is 1.80. The Labute approximate surface area is 126 Å². The SMILES string of the molecule is CCCCCNC(=O)c1ccc(NC(=O)C(N)CC)cc1. The summed E-state index contributed by atoms with van der Waals surface area (Å²) < 4.78 is 0. The van der Waals surface area contributed by atoms with Crippen LogP contribution in [0.2, 0.25) is 0 Å². The summed E-state index contributed by atoms with van der Waals surface area (Å²) in [6, 6.07) is 6.30. The molecular weight excluding hydrogens is 266 g/mol. The molecule has 1 aromatic carbocycles. The van der Waals surface area contributed by atoms with Crippen molar-refractivity contribution in [1.29, 1.82) is 0 Å². The predicted octanol–water partition coefficient (Wildman–Crippen LogP) is 2.28. The molecule has 4 N–H and O–H groups in total. The molecule has 0 aliphatic rings. The van der Waals surface area contributed by atoms with Gasteiger partial charge in [-0.15, -0.1) is 0 Å². The number of nitrogens with two attached hydrogens (primary N) is 1. The molecule has 21 heavy (non-hydrogen) atoms. The highest BCUT2D eigenvalue weighted by molar-refractivity contribution is 5.97. The third-order valence-corrected chi connectivity index (χ3v) is 3.26. The van der Waals surface area contributed by atoms with Crippen molar-refractivity contribution >= 4 is 17.5 Å². The van der Waals surface area contributed by atoms with Crippen molar-refractivity contribution < 1.29 is 9.59 Å². The first-order chi connectivity index (χ1) is 10.1. The normalized spacial score (nSPS) is 11.8. The van der Waals surface area contributed by atoms with Gasteiger partial charge in [0, 0.05) is 17.8 Å². The van der Waals surface area contributed by atoms with Crippen molar-refractivity contribution in [3.8, 4) is 0 Å². The lowest BCUT2D eigenvalue weighted by Crippen LogP contribution is -2.34. The number of benzene rings is 1. The molecule has 0 radical (unpaired) electrons. The van der Waals surface area contributed by atoms with Crippen molar-refractivity contribution in [2.75, 3.05) is 11.9 Å². The zero-order valence-electron chi connectivity index (χ0n) is 12.8. The number of carbonyl (C=O) groups is 2. The zero-order valence-corrected chi connectivity index (χ0v) is 12.8. The molecule has 0 saturated heterocycles. The van der Waals surface area contributed by atoms with Crippen LogP contribution in [-0.4, -0.2) is 24.4 Å². The summed E-state index contributed by atoms with van der Waals surface area (Å²) in [5.41, 5.74) is 6.88. The molecule has 1 unspecified atom stereocenters. The summed E-state index contributed by atoms with van der Waals surface area (Å²) in [6.45, 7) is 4.67. The van der Waals surface area contributed by atoms with E-state index in [-0.39, 0.29) is 11.8 Å². The Bertz CT molecular complexity index is 457. The molecule has 116 valence electrons. The molecule has 5 heteroatoms. The fraction of sp³-hybridized carbons (Fsp3) is 0.500. The number of hydrogen-bond donors (Lipinski definition) is 3. The Hall–Kier alpha value is -1.88. The third kappa shape index (κ3) is 5.95. The first-order valence-electron chi connectivity index (χ1n) is 7.53. The maximum absolute atomic E-state index is 11.9. The highest BCUT2D eigenvalue weighted by atomic mass is 16.2. The van der Waals surface area contributed by atoms with Gasteiger partial charge in [0.15, 0.2) is 0 Å². The van der Waals surface area contributed by atoms with Gasteiger partial charge in [-0.05, 0) is 37.1 Å². The number of hydrogen-bond acceptors (Lipinski definition) is 3. The highest BCUT2D eigenvalue weighted by Crippen LogP contribution is 2.10. The minimum Gasteiger partial charge on any atom is -0.352 e. The topological polar surface area (TPSA) is 84.2 Å². The van der Waals surface area contributed by atoms with E-state index in [0.29, 0.717) is 24.2 Å². The lowest BCUT2D eigenvalue weighted by molar-refractivity contribution is -0.117. The van der Waals surface area contributed by atoms with Crippen LogP contribution in [0, 0.1) is 0 Å². The molecule has 1 atom stereocenters. The van der Waals surface area contributed by atoms with E-state index < -0.39 is 6.04 Å². The monoisotopic (exact) mass is 291 g/mol.